The summed E-state index contributed by atoms with van der Waals surface area (Å²) in [5.41, 5.74) is 2.88. The maximum atomic E-state index is 13.4. The molecule has 1 unspecified atom stereocenters. The van der Waals surface area contributed by atoms with E-state index in [2.05, 4.69) is 28.6 Å². The van der Waals surface area contributed by atoms with Crippen LogP contribution in [0, 0.1) is 6.92 Å². The smallest absolute Gasteiger partial charge is 0.252 e. The van der Waals surface area contributed by atoms with Crippen molar-refractivity contribution in [2.24, 2.45) is 0 Å². The Morgan fingerprint density at radius 3 is 2.70 bits per heavy atom. The quantitative estimate of drug-likeness (QED) is 0.512. The SMILES string of the molecule is Cc1ccc(OCC2CCN2C)cc1C(=O)NC1(c2cc(NC=O)cc3ccccc23)CC1. The molecule has 0 radical (unpaired) electrons. The number of carbonyl (C=O) groups excluding carboxylic acids is 2. The number of likely N-dealkylation sites (tertiary alicyclic amines) is 1. The summed E-state index contributed by atoms with van der Waals surface area (Å²) >= 11 is 0. The topological polar surface area (TPSA) is 70.7 Å². The number of fused-ring (bicyclic) bond motifs is 1. The molecular weight excluding hydrogens is 414 g/mol. The number of nitrogens with one attached hydrogen (secondary N) is 2. The molecule has 5 rings (SSSR count). The van der Waals surface area contributed by atoms with Crippen LogP contribution in [-0.4, -0.2) is 43.5 Å². The van der Waals surface area contributed by atoms with Crippen LogP contribution in [0.15, 0.2) is 54.6 Å². The van der Waals surface area contributed by atoms with Crippen molar-refractivity contribution in [3.63, 3.8) is 0 Å². The van der Waals surface area contributed by atoms with E-state index in [0.29, 0.717) is 24.6 Å². The van der Waals surface area contributed by atoms with Gasteiger partial charge in [0, 0.05) is 17.3 Å². The van der Waals surface area contributed by atoms with Gasteiger partial charge >= 0.3 is 0 Å². The lowest BCUT2D eigenvalue weighted by Crippen LogP contribution is -2.48. The van der Waals surface area contributed by atoms with Crippen LogP contribution >= 0.6 is 0 Å². The van der Waals surface area contributed by atoms with Crippen molar-refractivity contribution in [1.29, 1.82) is 0 Å². The number of benzene rings is 3. The molecule has 3 aromatic carbocycles. The molecule has 1 heterocycles. The lowest BCUT2D eigenvalue weighted by molar-refractivity contribution is -0.105. The summed E-state index contributed by atoms with van der Waals surface area (Å²) in [6, 6.07) is 18.2. The summed E-state index contributed by atoms with van der Waals surface area (Å²) in [6.07, 6.45) is 3.54. The van der Waals surface area contributed by atoms with E-state index in [1.165, 1.54) is 0 Å². The molecular formula is C27H29N3O3. The average Bonchev–Trinajstić information content (AvgIpc) is 3.59. The number of carbonyl (C=O) groups is 2. The van der Waals surface area contributed by atoms with Crippen LogP contribution < -0.4 is 15.4 Å². The molecule has 6 heteroatoms. The molecule has 1 aliphatic carbocycles. The van der Waals surface area contributed by atoms with Gasteiger partial charge in [-0.05, 0) is 85.9 Å². The third kappa shape index (κ3) is 4.18. The van der Waals surface area contributed by atoms with Crippen molar-refractivity contribution in [1.82, 2.24) is 10.2 Å². The van der Waals surface area contributed by atoms with Gasteiger partial charge in [0.15, 0.2) is 0 Å². The lowest BCUT2D eigenvalue weighted by atomic mass is 9.95. The number of likely N-dealkylation sites (N-methyl/N-ethyl adjacent to an activating group) is 1. The fraction of sp³-hybridized carbons (Fsp3) is 0.333. The zero-order chi connectivity index (χ0) is 23.0. The zero-order valence-corrected chi connectivity index (χ0v) is 19.1. The number of hydrogen-bond donors (Lipinski definition) is 2. The molecule has 6 nitrogen and oxygen atoms in total. The summed E-state index contributed by atoms with van der Waals surface area (Å²) < 4.78 is 5.99. The van der Waals surface area contributed by atoms with Crippen molar-refractivity contribution < 1.29 is 14.3 Å². The molecule has 2 aliphatic rings. The van der Waals surface area contributed by atoms with E-state index < -0.39 is 5.54 Å². The largest absolute Gasteiger partial charge is 0.492 e. The first kappa shape index (κ1) is 21.5. The monoisotopic (exact) mass is 443 g/mol. The van der Waals surface area contributed by atoms with E-state index in [0.717, 1.165) is 59.1 Å². The molecule has 0 bridgehead atoms. The Bertz CT molecular complexity index is 1220. The number of nitrogens with zero attached hydrogens (tertiary/aromatic N) is 1. The minimum absolute atomic E-state index is 0.103. The standard InChI is InChI=1S/C27H29N3O3/c1-18-7-8-22(33-16-21-9-12-30(21)2)15-24(18)26(32)29-27(10-11-27)25-14-20(28-17-31)13-19-5-3-4-6-23(19)25/h3-8,13-15,17,21H,9-12,16H2,1-2H3,(H,28,31)(H,29,32). The summed E-state index contributed by atoms with van der Waals surface area (Å²) in [7, 11) is 2.10. The maximum Gasteiger partial charge on any atom is 0.252 e. The van der Waals surface area contributed by atoms with Gasteiger partial charge in [-0.15, -0.1) is 0 Å². The Labute approximate surface area is 193 Å². The molecule has 1 saturated carbocycles. The van der Waals surface area contributed by atoms with E-state index in [9.17, 15) is 9.59 Å². The summed E-state index contributed by atoms with van der Waals surface area (Å²) in [6.45, 7) is 3.69. The number of hydrogen-bond acceptors (Lipinski definition) is 4. The van der Waals surface area contributed by atoms with Crippen molar-refractivity contribution in [3.05, 3.63) is 71.3 Å². The first-order valence-electron chi connectivity index (χ1n) is 11.5. The second kappa shape index (κ2) is 8.52. The van der Waals surface area contributed by atoms with Crippen LogP contribution in [0.2, 0.25) is 0 Å². The van der Waals surface area contributed by atoms with Crippen molar-refractivity contribution in [2.45, 2.75) is 37.8 Å². The van der Waals surface area contributed by atoms with E-state index in [1.54, 1.807) is 0 Å². The highest BCUT2D eigenvalue weighted by atomic mass is 16.5. The van der Waals surface area contributed by atoms with Crippen molar-refractivity contribution in [3.8, 4) is 5.75 Å². The van der Waals surface area contributed by atoms with Gasteiger partial charge < -0.3 is 15.4 Å². The van der Waals surface area contributed by atoms with Gasteiger partial charge in [0.1, 0.15) is 12.4 Å². The number of anilines is 1. The molecule has 0 aromatic heterocycles. The fourth-order valence-corrected chi connectivity index (χ4v) is 4.64. The van der Waals surface area contributed by atoms with Gasteiger partial charge in [-0.1, -0.05) is 30.3 Å². The van der Waals surface area contributed by atoms with Crippen molar-refractivity contribution in [2.75, 3.05) is 25.5 Å². The summed E-state index contributed by atoms with van der Waals surface area (Å²) in [5, 5.41) is 8.19. The lowest BCUT2D eigenvalue weighted by Gasteiger charge is -2.37. The highest BCUT2D eigenvalue weighted by Crippen LogP contribution is 2.49. The zero-order valence-electron chi connectivity index (χ0n) is 19.1. The number of ether oxygens (including phenoxy) is 1. The molecule has 3 aromatic rings. The summed E-state index contributed by atoms with van der Waals surface area (Å²) in [4.78, 5) is 26.7. The second-order valence-corrected chi connectivity index (χ2v) is 9.25. The van der Waals surface area contributed by atoms with Gasteiger partial charge in [-0.2, -0.15) is 0 Å². The number of aryl methyl sites for hydroxylation is 1. The molecule has 1 aliphatic heterocycles. The van der Waals surface area contributed by atoms with E-state index in [-0.39, 0.29) is 5.91 Å². The Kier molecular flexibility index (Phi) is 5.54. The van der Waals surface area contributed by atoms with E-state index in [1.807, 2.05) is 55.5 Å². The Morgan fingerprint density at radius 1 is 1.18 bits per heavy atom. The van der Waals surface area contributed by atoms with Gasteiger partial charge in [-0.3, -0.25) is 14.5 Å². The van der Waals surface area contributed by atoms with Crippen LogP contribution in [0.5, 0.6) is 5.75 Å². The fourth-order valence-electron chi connectivity index (χ4n) is 4.64. The average molecular weight is 444 g/mol. The molecule has 2 amide bonds. The first-order valence-corrected chi connectivity index (χ1v) is 11.5. The molecule has 1 saturated heterocycles. The van der Waals surface area contributed by atoms with Crippen molar-refractivity contribution >= 4 is 28.8 Å². The van der Waals surface area contributed by atoms with Crippen LogP contribution in [0.1, 0.15) is 40.7 Å². The van der Waals surface area contributed by atoms with E-state index in [4.69, 9.17) is 4.74 Å². The predicted octanol–water partition coefficient (Wildman–Crippen LogP) is 4.22. The second-order valence-electron chi connectivity index (χ2n) is 9.25. The highest BCUT2D eigenvalue weighted by Gasteiger charge is 2.47. The molecule has 0 spiro atoms. The van der Waals surface area contributed by atoms with Gasteiger partial charge in [0.2, 0.25) is 6.41 Å². The van der Waals surface area contributed by atoms with Crippen LogP contribution in [0.4, 0.5) is 5.69 Å². The Hall–Kier alpha value is -3.38. The molecule has 33 heavy (non-hydrogen) atoms. The van der Waals surface area contributed by atoms with E-state index >= 15 is 0 Å². The number of rotatable bonds is 8. The van der Waals surface area contributed by atoms with Crippen LogP contribution in [-0.2, 0) is 10.3 Å². The van der Waals surface area contributed by atoms with Crippen LogP contribution in [0.25, 0.3) is 10.8 Å². The minimum Gasteiger partial charge on any atom is -0.492 e. The van der Waals surface area contributed by atoms with Crippen LogP contribution in [0.3, 0.4) is 0 Å². The third-order valence-electron chi connectivity index (χ3n) is 7.04. The third-order valence-corrected chi connectivity index (χ3v) is 7.04. The molecule has 1 atom stereocenters. The Balaban J connectivity index is 1.40. The molecule has 2 N–H and O–H groups in total. The predicted molar refractivity (Wildman–Crippen MR) is 130 cm³/mol. The summed E-state index contributed by atoms with van der Waals surface area (Å²) in [5.74, 6) is 0.618. The minimum atomic E-state index is -0.435. The molecule has 170 valence electrons. The number of amides is 2. The highest BCUT2D eigenvalue weighted by molar-refractivity contribution is 5.98. The molecule has 2 fully saturated rings. The maximum absolute atomic E-state index is 13.4. The Morgan fingerprint density at radius 2 is 2.00 bits per heavy atom. The first-order chi connectivity index (χ1) is 16.0. The van der Waals surface area contributed by atoms with Gasteiger partial charge in [0.05, 0.1) is 5.54 Å². The van der Waals surface area contributed by atoms with Gasteiger partial charge in [-0.25, -0.2) is 0 Å². The van der Waals surface area contributed by atoms with Gasteiger partial charge in [0.25, 0.3) is 5.91 Å². The normalized spacial score (nSPS) is 18.9.